The largest absolute Gasteiger partial charge is 0.490 e. The molecule has 16 heteroatoms. The number of rotatable bonds is 2. The molecule has 6 rings (SSSR count). The first kappa shape index (κ1) is 38.8. The van der Waals surface area contributed by atoms with Crippen LogP contribution < -0.4 is 5.46 Å². The summed E-state index contributed by atoms with van der Waals surface area (Å²) in [6.07, 6.45) is 1.31. The average molecular weight is 754 g/mol. The fourth-order valence-corrected chi connectivity index (χ4v) is 4.86. The Morgan fingerprint density at radius 2 is 1.17 bits per heavy atom. The van der Waals surface area contributed by atoms with Gasteiger partial charge >= 0.3 is 7.12 Å². The first-order valence-corrected chi connectivity index (χ1v) is 15.6. The van der Waals surface area contributed by atoms with Crippen molar-refractivity contribution < 1.29 is 24.0 Å². The molecule has 0 radical (unpaired) electrons. The van der Waals surface area contributed by atoms with Gasteiger partial charge in [-0.15, -0.1) is 5.16 Å². The Labute approximate surface area is 299 Å². The second kappa shape index (κ2) is 18.2. The first-order chi connectivity index (χ1) is 22.8. The molecular formula is C32H25BCl5F2N5O3. The SMILES string of the molecule is C/C=N/O.Cc1nc2cccc(Cl)c2nc1-c1cc(F)ccc1Cl.Cc1nc2cccc(Cl)c2nc1Cl.OB(O)c1cc(F)ccc1Cl. The highest BCUT2D eigenvalue weighted by Gasteiger charge is 2.15. The maximum Gasteiger partial charge on any atom is 0.490 e. The number of oxime groups is 1. The van der Waals surface area contributed by atoms with Crippen LogP contribution in [0.5, 0.6) is 0 Å². The molecule has 0 saturated heterocycles. The van der Waals surface area contributed by atoms with Crippen molar-refractivity contribution in [3.05, 3.63) is 121 Å². The Morgan fingerprint density at radius 1 is 0.667 bits per heavy atom. The molecule has 6 aromatic rings. The van der Waals surface area contributed by atoms with Crippen LogP contribution in [-0.2, 0) is 0 Å². The van der Waals surface area contributed by atoms with Crippen LogP contribution in [0.1, 0.15) is 18.3 Å². The minimum atomic E-state index is -1.72. The molecule has 0 unspecified atom stereocenters. The lowest BCUT2D eigenvalue weighted by atomic mass is 9.80. The fraction of sp³-hybridized carbons (Fsp3) is 0.0938. The summed E-state index contributed by atoms with van der Waals surface area (Å²) in [6, 6.07) is 18.4. The quantitative estimate of drug-likeness (QED) is 0.0698. The zero-order chi connectivity index (χ0) is 35.5. The second-order valence-corrected chi connectivity index (χ2v) is 11.5. The number of hydrogen-bond donors (Lipinski definition) is 3. The molecule has 0 aliphatic carbocycles. The van der Waals surface area contributed by atoms with E-state index in [1.54, 1.807) is 19.1 Å². The van der Waals surface area contributed by atoms with Gasteiger partial charge < -0.3 is 15.3 Å². The molecule has 0 fully saturated rings. The lowest BCUT2D eigenvalue weighted by Gasteiger charge is -2.09. The summed E-state index contributed by atoms with van der Waals surface area (Å²) in [6.45, 7) is 5.26. The van der Waals surface area contributed by atoms with Crippen LogP contribution in [0.15, 0.2) is 78.0 Å². The first-order valence-electron chi connectivity index (χ1n) is 13.7. The summed E-state index contributed by atoms with van der Waals surface area (Å²) in [5, 5.41) is 29.4. The minimum absolute atomic E-state index is 0.0216. The third kappa shape index (κ3) is 10.4. The average Bonchev–Trinajstić information content (AvgIpc) is 3.05. The molecule has 2 heterocycles. The maximum atomic E-state index is 13.4. The summed E-state index contributed by atoms with van der Waals surface area (Å²) in [5.41, 5.74) is 5.12. The molecule has 3 N–H and O–H groups in total. The number of fused-ring (bicyclic) bond motifs is 2. The number of para-hydroxylation sites is 2. The molecule has 0 spiro atoms. The highest BCUT2D eigenvalue weighted by molar-refractivity contribution is 6.62. The third-order valence-corrected chi connectivity index (χ3v) is 7.76. The number of nitrogens with zero attached hydrogens (tertiary/aromatic N) is 5. The zero-order valence-electron chi connectivity index (χ0n) is 25.3. The molecule has 8 nitrogen and oxygen atoms in total. The fourth-order valence-electron chi connectivity index (χ4n) is 3.89. The van der Waals surface area contributed by atoms with E-state index in [1.165, 1.54) is 30.5 Å². The smallest absolute Gasteiger partial charge is 0.423 e. The zero-order valence-corrected chi connectivity index (χ0v) is 29.1. The van der Waals surface area contributed by atoms with Crippen LogP contribution in [0.25, 0.3) is 33.3 Å². The van der Waals surface area contributed by atoms with Crippen LogP contribution in [0.2, 0.25) is 25.2 Å². The highest BCUT2D eigenvalue weighted by Crippen LogP contribution is 2.31. The number of halogens is 7. The van der Waals surface area contributed by atoms with Gasteiger partial charge in [-0.25, -0.2) is 28.7 Å². The van der Waals surface area contributed by atoms with E-state index >= 15 is 0 Å². The van der Waals surface area contributed by atoms with Gasteiger partial charge in [0.2, 0.25) is 0 Å². The van der Waals surface area contributed by atoms with Crippen LogP contribution in [0.3, 0.4) is 0 Å². The molecule has 0 aliphatic heterocycles. The van der Waals surface area contributed by atoms with Crippen LogP contribution >= 0.6 is 58.0 Å². The van der Waals surface area contributed by atoms with Crippen molar-refractivity contribution in [1.29, 1.82) is 0 Å². The molecule has 0 bridgehead atoms. The van der Waals surface area contributed by atoms with E-state index in [9.17, 15) is 8.78 Å². The van der Waals surface area contributed by atoms with Crippen LogP contribution in [0, 0.1) is 25.5 Å². The summed E-state index contributed by atoms with van der Waals surface area (Å²) in [5.74, 6) is -0.914. The Kier molecular flexibility index (Phi) is 14.7. The van der Waals surface area contributed by atoms with Crippen molar-refractivity contribution in [2.45, 2.75) is 20.8 Å². The number of aromatic nitrogens is 4. The molecule has 48 heavy (non-hydrogen) atoms. The van der Waals surface area contributed by atoms with Gasteiger partial charge in [-0.05, 0) is 81.4 Å². The number of benzene rings is 4. The van der Waals surface area contributed by atoms with Gasteiger partial charge in [-0.2, -0.15) is 0 Å². The van der Waals surface area contributed by atoms with E-state index in [-0.39, 0.29) is 16.3 Å². The molecule has 0 saturated carbocycles. The van der Waals surface area contributed by atoms with Gasteiger partial charge in [0.25, 0.3) is 0 Å². The standard InChI is InChI=1S/C15H9Cl2FN2.C9H6Cl2N2.C6H5BClFO2.C2H5NO/c1-8-14(10-7-9(18)5-6-11(10)16)20-15-12(17)3-2-4-13(15)19-8;1-5-9(11)13-8-6(10)3-2-4-7(8)12-5;8-6-2-1-4(9)3-5(6)7(10)11;1-2-3-4/h2-7H,1H3;2-4H,1H3;1-3,10-11H;2,4H,1H3/b;;;3-2+. The number of aryl methyl sites for hydroxylation is 2. The van der Waals surface area contributed by atoms with Crippen molar-refractivity contribution >= 4 is 98.9 Å². The van der Waals surface area contributed by atoms with Crippen molar-refractivity contribution in [2.75, 3.05) is 0 Å². The second-order valence-electron chi connectivity index (χ2n) is 9.51. The summed E-state index contributed by atoms with van der Waals surface area (Å²) in [4.78, 5) is 17.4. The molecular weight excluding hydrogens is 728 g/mol. The predicted molar refractivity (Wildman–Crippen MR) is 191 cm³/mol. The Morgan fingerprint density at radius 3 is 1.69 bits per heavy atom. The maximum absolute atomic E-state index is 13.4. The monoisotopic (exact) mass is 751 g/mol. The Hall–Kier alpha value is -3.68. The molecule has 0 aliphatic rings. The summed E-state index contributed by atoms with van der Waals surface area (Å²) < 4.78 is 25.9. The van der Waals surface area contributed by atoms with E-state index < -0.39 is 12.9 Å². The van der Waals surface area contributed by atoms with Crippen molar-refractivity contribution in [2.24, 2.45) is 5.16 Å². The van der Waals surface area contributed by atoms with Crippen molar-refractivity contribution in [3.63, 3.8) is 0 Å². The third-order valence-electron chi connectivity index (χ3n) is 6.12. The topological polar surface area (TPSA) is 125 Å². The lowest BCUT2D eigenvalue weighted by molar-refractivity contribution is 0.321. The van der Waals surface area contributed by atoms with Crippen molar-refractivity contribution in [1.82, 2.24) is 19.9 Å². The van der Waals surface area contributed by atoms with E-state index in [0.29, 0.717) is 53.7 Å². The van der Waals surface area contributed by atoms with Gasteiger partial charge in [0.1, 0.15) is 22.7 Å². The van der Waals surface area contributed by atoms with E-state index in [2.05, 4.69) is 25.1 Å². The highest BCUT2D eigenvalue weighted by atomic mass is 35.5. The minimum Gasteiger partial charge on any atom is -0.423 e. The van der Waals surface area contributed by atoms with E-state index in [1.807, 2.05) is 38.1 Å². The van der Waals surface area contributed by atoms with E-state index in [4.69, 9.17) is 73.3 Å². The van der Waals surface area contributed by atoms with E-state index in [0.717, 1.165) is 23.3 Å². The van der Waals surface area contributed by atoms with Gasteiger partial charge in [-0.3, -0.25) is 0 Å². The molecule has 4 aromatic carbocycles. The normalized spacial score (nSPS) is 10.5. The summed E-state index contributed by atoms with van der Waals surface area (Å²) >= 11 is 29.5. The predicted octanol–water partition coefficient (Wildman–Crippen LogP) is 8.92. The Bertz CT molecular complexity index is 2070. The van der Waals surface area contributed by atoms with Gasteiger partial charge in [-0.1, -0.05) is 70.1 Å². The van der Waals surface area contributed by atoms with Crippen molar-refractivity contribution in [3.8, 4) is 11.3 Å². The van der Waals surface area contributed by atoms with Crippen LogP contribution in [0.4, 0.5) is 8.78 Å². The molecule has 0 atom stereocenters. The molecule has 0 amide bonds. The Balaban J connectivity index is 0.000000194. The molecule has 2 aromatic heterocycles. The number of hydrogen-bond acceptors (Lipinski definition) is 8. The lowest BCUT2D eigenvalue weighted by Crippen LogP contribution is -2.31. The van der Waals surface area contributed by atoms with Gasteiger partial charge in [0.05, 0.1) is 43.2 Å². The van der Waals surface area contributed by atoms with Gasteiger partial charge in [0, 0.05) is 22.3 Å². The molecule has 248 valence electrons. The summed E-state index contributed by atoms with van der Waals surface area (Å²) in [7, 11) is -1.72. The van der Waals surface area contributed by atoms with Gasteiger partial charge in [0.15, 0.2) is 5.15 Å². The van der Waals surface area contributed by atoms with Crippen LogP contribution in [-0.4, -0.2) is 48.5 Å².